The first kappa shape index (κ1) is 12.7. The van der Waals surface area contributed by atoms with Gasteiger partial charge in [-0.2, -0.15) is 0 Å². The molecule has 6 heteroatoms. The smallest absolute Gasteiger partial charge is 0.267 e. The van der Waals surface area contributed by atoms with Crippen LogP contribution in [0, 0.1) is 6.92 Å². The summed E-state index contributed by atoms with van der Waals surface area (Å²) in [5.41, 5.74) is 6.25. The fraction of sp³-hybridized carbons (Fsp3) is 0.0769. The van der Waals surface area contributed by atoms with Gasteiger partial charge in [0.2, 0.25) is 0 Å². The van der Waals surface area contributed by atoms with E-state index in [2.05, 4.69) is 20.8 Å². The quantitative estimate of drug-likeness (QED) is 0.780. The Hall–Kier alpha value is -2.76. The third-order valence-electron chi connectivity index (χ3n) is 2.39. The van der Waals surface area contributed by atoms with Crippen LogP contribution in [-0.2, 0) is 0 Å². The highest BCUT2D eigenvalue weighted by Crippen LogP contribution is 2.00. The van der Waals surface area contributed by atoms with Crippen LogP contribution in [0.1, 0.15) is 26.4 Å². The number of nitrogens with zero attached hydrogens (tertiary/aromatic N) is 2. The normalized spacial score (nSPS) is 9.74. The molecule has 2 heterocycles. The summed E-state index contributed by atoms with van der Waals surface area (Å²) in [4.78, 5) is 31.2. The molecule has 0 aliphatic heterocycles. The van der Waals surface area contributed by atoms with Crippen molar-refractivity contribution in [1.82, 2.24) is 20.8 Å². The van der Waals surface area contributed by atoms with E-state index in [4.69, 9.17) is 0 Å². The number of amides is 2. The summed E-state index contributed by atoms with van der Waals surface area (Å²) < 4.78 is 0. The molecule has 0 spiro atoms. The van der Waals surface area contributed by atoms with E-state index in [9.17, 15) is 9.59 Å². The van der Waals surface area contributed by atoms with Gasteiger partial charge in [-0.3, -0.25) is 30.4 Å². The Labute approximate surface area is 109 Å². The molecule has 6 nitrogen and oxygen atoms in total. The lowest BCUT2D eigenvalue weighted by molar-refractivity contribution is 0.0846. The maximum absolute atomic E-state index is 11.8. The molecule has 0 aliphatic carbocycles. The Morgan fingerprint density at radius 3 is 2.16 bits per heavy atom. The number of pyridine rings is 2. The minimum absolute atomic E-state index is 0.395. The molecule has 0 aromatic carbocycles. The molecule has 0 atom stereocenters. The van der Waals surface area contributed by atoms with E-state index in [1.54, 1.807) is 31.2 Å². The van der Waals surface area contributed by atoms with Crippen molar-refractivity contribution in [3.8, 4) is 0 Å². The average molecular weight is 256 g/mol. The fourth-order valence-electron chi connectivity index (χ4n) is 1.45. The minimum Gasteiger partial charge on any atom is -0.267 e. The molecule has 0 bridgehead atoms. The van der Waals surface area contributed by atoms with Crippen molar-refractivity contribution < 1.29 is 9.59 Å². The predicted octanol–water partition coefficient (Wildman–Crippen LogP) is 0.860. The van der Waals surface area contributed by atoms with Gasteiger partial charge in [0, 0.05) is 35.4 Å². The fourth-order valence-corrected chi connectivity index (χ4v) is 1.45. The van der Waals surface area contributed by atoms with E-state index < -0.39 is 11.8 Å². The van der Waals surface area contributed by atoms with E-state index in [1.807, 2.05) is 0 Å². The van der Waals surface area contributed by atoms with Gasteiger partial charge in [0.05, 0.1) is 0 Å². The van der Waals surface area contributed by atoms with Crippen LogP contribution >= 0.6 is 0 Å². The molecule has 2 aromatic rings. The number of carbonyl (C=O) groups excluding carboxylic acids is 2. The molecule has 0 saturated carbocycles. The number of hydrogen-bond acceptors (Lipinski definition) is 4. The van der Waals surface area contributed by atoms with Crippen molar-refractivity contribution >= 4 is 11.8 Å². The van der Waals surface area contributed by atoms with E-state index in [0.29, 0.717) is 11.1 Å². The molecule has 0 fully saturated rings. The molecule has 0 radical (unpaired) electrons. The van der Waals surface area contributed by atoms with E-state index in [1.165, 1.54) is 18.6 Å². The first-order valence-electron chi connectivity index (χ1n) is 5.60. The molecule has 2 N–H and O–H groups in total. The summed E-state index contributed by atoms with van der Waals surface area (Å²) in [5, 5.41) is 0. The van der Waals surface area contributed by atoms with E-state index in [-0.39, 0.29) is 0 Å². The van der Waals surface area contributed by atoms with Crippen LogP contribution < -0.4 is 10.9 Å². The number of hydrazine groups is 1. The molecular weight excluding hydrogens is 244 g/mol. The van der Waals surface area contributed by atoms with Crippen molar-refractivity contribution in [2.24, 2.45) is 0 Å². The monoisotopic (exact) mass is 256 g/mol. The van der Waals surface area contributed by atoms with Crippen LogP contribution in [0.15, 0.2) is 42.9 Å². The summed E-state index contributed by atoms with van der Waals surface area (Å²) in [7, 11) is 0. The van der Waals surface area contributed by atoms with Crippen molar-refractivity contribution in [1.29, 1.82) is 0 Å². The lowest BCUT2D eigenvalue weighted by Crippen LogP contribution is -2.41. The van der Waals surface area contributed by atoms with Gasteiger partial charge < -0.3 is 0 Å². The number of nitrogens with one attached hydrogen (secondary N) is 2. The summed E-state index contributed by atoms with van der Waals surface area (Å²) >= 11 is 0. The van der Waals surface area contributed by atoms with E-state index >= 15 is 0 Å². The molecule has 2 aromatic heterocycles. The van der Waals surface area contributed by atoms with Gasteiger partial charge >= 0.3 is 0 Å². The third kappa shape index (κ3) is 3.35. The standard InChI is InChI=1S/C13H12N4O2/c1-9-8-11(4-7-15-9)13(19)17-16-12(18)10-2-5-14-6-3-10/h2-8H,1H3,(H,16,18)(H,17,19). The van der Waals surface area contributed by atoms with Gasteiger partial charge in [-0.1, -0.05) is 0 Å². The second-order valence-corrected chi connectivity index (χ2v) is 3.83. The van der Waals surface area contributed by atoms with Gasteiger partial charge in [-0.15, -0.1) is 0 Å². The van der Waals surface area contributed by atoms with Crippen LogP contribution in [0.3, 0.4) is 0 Å². The lowest BCUT2D eigenvalue weighted by atomic mass is 10.2. The molecule has 19 heavy (non-hydrogen) atoms. The Morgan fingerprint density at radius 2 is 1.53 bits per heavy atom. The lowest BCUT2D eigenvalue weighted by Gasteiger charge is -2.07. The van der Waals surface area contributed by atoms with Crippen molar-refractivity contribution in [2.45, 2.75) is 6.92 Å². The Morgan fingerprint density at radius 1 is 0.947 bits per heavy atom. The maximum Gasteiger partial charge on any atom is 0.269 e. The molecule has 0 aliphatic rings. The highest BCUT2D eigenvalue weighted by molar-refractivity contribution is 5.98. The minimum atomic E-state index is -0.401. The second-order valence-electron chi connectivity index (χ2n) is 3.83. The number of hydrogen-bond donors (Lipinski definition) is 2. The molecule has 0 unspecified atom stereocenters. The average Bonchev–Trinajstić information content (AvgIpc) is 2.45. The third-order valence-corrected chi connectivity index (χ3v) is 2.39. The zero-order chi connectivity index (χ0) is 13.7. The van der Waals surface area contributed by atoms with Crippen LogP contribution in [0.25, 0.3) is 0 Å². The van der Waals surface area contributed by atoms with Crippen molar-refractivity contribution in [3.63, 3.8) is 0 Å². The zero-order valence-electron chi connectivity index (χ0n) is 10.3. The van der Waals surface area contributed by atoms with Gasteiger partial charge in [0.25, 0.3) is 11.8 Å². The topological polar surface area (TPSA) is 84.0 Å². The Bertz CT molecular complexity index is 599. The summed E-state index contributed by atoms with van der Waals surface area (Å²) in [6.45, 7) is 1.78. The van der Waals surface area contributed by atoms with Crippen LogP contribution in [0.2, 0.25) is 0 Å². The number of aryl methyl sites for hydroxylation is 1. The summed E-state index contributed by atoms with van der Waals surface area (Å²) in [6, 6.07) is 6.31. The molecule has 96 valence electrons. The molecule has 2 rings (SSSR count). The second kappa shape index (κ2) is 5.72. The van der Waals surface area contributed by atoms with Crippen LogP contribution in [0.4, 0.5) is 0 Å². The zero-order valence-corrected chi connectivity index (χ0v) is 10.3. The van der Waals surface area contributed by atoms with Gasteiger partial charge in [-0.25, -0.2) is 0 Å². The van der Waals surface area contributed by atoms with Crippen molar-refractivity contribution in [3.05, 3.63) is 59.7 Å². The Kier molecular flexibility index (Phi) is 3.82. The van der Waals surface area contributed by atoms with Crippen LogP contribution in [-0.4, -0.2) is 21.8 Å². The largest absolute Gasteiger partial charge is 0.269 e. The number of rotatable bonds is 2. The van der Waals surface area contributed by atoms with Gasteiger partial charge in [0.1, 0.15) is 0 Å². The van der Waals surface area contributed by atoms with Gasteiger partial charge in [-0.05, 0) is 31.2 Å². The van der Waals surface area contributed by atoms with E-state index in [0.717, 1.165) is 5.69 Å². The number of carbonyl (C=O) groups is 2. The van der Waals surface area contributed by atoms with Gasteiger partial charge in [0.15, 0.2) is 0 Å². The van der Waals surface area contributed by atoms with Crippen LogP contribution in [0.5, 0.6) is 0 Å². The predicted molar refractivity (Wildman–Crippen MR) is 68.1 cm³/mol. The number of aromatic nitrogens is 2. The molecule has 2 amide bonds. The maximum atomic E-state index is 11.8. The highest BCUT2D eigenvalue weighted by atomic mass is 16.2. The summed E-state index contributed by atoms with van der Waals surface area (Å²) in [6.07, 6.45) is 4.54. The molecule has 0 saturated heterocycles. The molecular formula is C13H12N4O2. The first-order chi connectivity index (χ1) is 9.16. The highest BCUT2D eigenvalue weighted by Gasteiger charge is 2.08. The first-order valence-corrected chi connectivity index (χ1v) is 5.60. The SMILES string of the molecule is Cc1cc(C(=O)NNC(=O)c2ccncc2)ccn1. The summed E-state index contributed by atoms with van der Waals surface area (Å²) in [5.74, 6) is -0.797. The van der Waals surface area contributed by atoms with Crippen molar-refractivity contribution in [2.75, 3.05) is 0 Å². The Balaban J connectivity index is 1.96.